The third-order valence-electron chi connectivity index (χ3n) is 6.28. The Morgan fingerprint density at radius 2 is 1.89 bits per heavy atom. The summed E-state index contributed by atoms with van der Waals surface area (Å²) >= 11 is 0. The van der Waals surface area contributed by atoms with Crippen LogP contribution >= 0.6 is 0 Å². The van der Waals surface area contributed by atoms with Gasteiger partial charge in [-0.25, -0.2) is 4.68 Å². The van der Waals surface area contributed by atoms with Crippen molar-refractivity contribution in [1.29, 1.82) is 0 Å². The monoisotopic (exact) mass is 467 g/mol. The van der Waals surface area contributed by atoms with Gasteiger partial charge in [-0.1, -0.05) is 48.0 Å². The highest BCUT2D eigenvalue weighted by molar-refractivity contribution is 5.99. The fraction of sp³-hybridized carbons (Fsp3) is 0.250. The average molecular weight is 468 g/mol. The molecule has 1 aliphatic rings. The molecule has 0 spiro atoms. The van der Waals surface area contributed by atoms with Crippen molar-refractivity contribution in [2.24, 2.45) is 0 Å². The molecule has 7 nitrogen and oxygen atoms in total. The van der Waals surface area contributed by atoms with E-state index in [1.54, 1.807) is 23.3 Å². The van der Waals surface area contributed by atoms with Crippen LogP contribution in [-0.4, -0.2) is 58.4 Å². The number of carbonyl (C=O) groups is 1. The maximum atomic E-state index is 13.5. The number of carbonyl (C=O) groups excluding carboxylic acids is 1. The lowest BCUT2D eigenvalue weighted by Gasteiger charge is -2.35. The first-order chi connectivity index (χ1) is 17.2. The van der Waals surface area contributed by atoms with Crippen LogP contribution in [-0.2, 0) is 4.74 Å². The van der Waals surface area contributed by atoms with E-state index in [1.807, 2.05) is 42.5 Å². The van der Waals surface area contributed by atoms with E-state index in [-0.39, 0.29) is 11.9 Å². The Kier molecular flexibility index (Phi) is 6.97. The zero-order valence-corrected chi connectivity index (χ0v) is 19.8. The summed E-state index contributed by atoms with van der Waals surface area (Å²) < 4.78 is 7.32. The lowest BCUT2D eigenvalue weighted by Crippen LogP contribution is -2.43. The number of nitrogens with zero attached hydrogens (tertiary/aromatic N) is 4. The van der Waals surface area contributed by atoms with Gasteiger partial charge in [-0.3, -0.25) is 14.7 Å². The van der Waals surface area contributed by atoms with Crippen LogP contribution < -0.4 is 5.32 Å². The number of ether oxygens (including phenoxy) is 1. The SMILES string of the molecule is Cc1cccc(C(CNC(=O)c2cn(-c3ccccc3)nc2-c2cccnc2)N2CCOCC2)c1. The summed E-state index contributed by atoms with van der Waals surface area (Å²) in [7, 11) is 0. The first kappa shape index (κ1) is 23.0. The van der Waals surface area contributed by atoms with Crippen LogP contribution in [0.5, 0.6) is 0 Å². The number of amides is 1. The van der Waals surface area contributed by atoms with Gasteiger partial charge in [0.2, 0.25) is 0 Å². The molecule has 1 unspecified atom stereocenters. The number of aromatic nitrogens is 3. The van der Waals surface area contributed by atoms with Gasteiger partial charge in [0.05, 0.1) is 30.5 Å². The van der Waals surface area contributed by atoms with Crippen LogP contribution in [0.1, 0.15) is 27.5 Å². The second-order valence-corrected chi connectivity index (χ2v) is 8.70. The second-order valence-electron chi connectivity index (χ2n) is 8.70. The Morgan fingerprint density at radius 3 is 2.63 bits per heavy atom. The first-order valence-electron chi connectivity index (χ1n) is 11.9. The zero-order chi connectivity index (χ0) is 24.0. The molecule has 1 atom stereocenters. The standard InChI is InChI=1S/C28H29N5O2/c1-21-7-5-8-22(17-21)26(32-13-15-35-16-14-32)19-30-28(34)25-20-33(24-10-3-2-4-11-24)31-27(25)23-9-6-12-29-18-23/h2-12,17-18,20,26H,13-16,19H2,1H3,(H,30,34). The third-order valence-corrected chi connectivity index (χ3v) is 6.28. The molecular formula is C28H29N5O2. The van der Waals surface area contributed by atoms with E-state index in [1.165, 1.54) is 11.1 Å². The lowest BCUT2D eigenvalue weighted by molar-refractivity contribution is 0.0162. The van der Waals surface area contributed by atoms with Gasteiger partial charge in [-0.15, -0.1) is 0 Å². The Hall–Kier alpha value is -3.81. The number of rotatable bonds is 7. The molecule has 1 aliphatic heterocycles. The second kappa shape index (κ2) is 10.6. The summed E-state index contributed by atoms with van der Waals surface area (Å²) in [5.74, 6) is -0.156. The maximum absolute atomic E-state index is 13.5. The molecule has 178 valence electrons. The fourth-order valence-electron chi connectivity index (χ4n) is 4.48. The highest BCUT2D eigenvalue weighted by Crippen LogP contribution is 2.25. The summed E-state index contributed by atoms with van der Waals surface area (Å²) in [6.45, 7) is 5.65. The summed E-state index contributed by atoms with van der Waals surface area (Å²) in [6, 6.07) is 22.1. The van der Waals surface area contributed by atoms with E-state index in [2.05, 4.69) is 46.4 Å². The minimum Gasteiger partial charge on any atom is -0.379 e. The number of nitrogens with one attached hydrogen (secondary N) is 1. The van der Waals surface area contributed by atoms with Crippen LogP contribution in [0.4, 0.5) is 0 Å². The molecule has 7 heteroatoms. The van der Waals surface area contributed by atoms with Gasteiger partial charge in [-0.2, -0.15) is 5.10 Å². The Bertz CT molecular complexity index is 1270. The Balaban J connectivity index is 1.43. The molecule has 1 N–H and O–H groups in total. The van der Waals surface area contributed by atoms with E-state index in [0.717, 1.165) is 24.3 Å². The van der Waals surface area contributed by atoms with Crippen molar-refractivity contribution < 1.29 is 9.53 Å². The zero-order valence-electron chi connectivity index (χ0n) is 19.8. The quantitative estimate of drug-likeness (QED) is 0.444. The number of morpholine rings is 1. The third kappa shape index (κ3) is 5.31. The maximum Gasteiger partial charge on any atom is 0.255 e. The molecule has 1 amide bonds. The van der Waals surface area contributed by atoms with Gasteiger partial charge >= 0.3 is 0 Å². The molecule has 0 aliphatic carbocycles. The molecule has 3 heterocycles. The molecule has 2 aromatic heterocycles. The van der Waals surface area contributed by atoms with Crippen LogP contribution in [0.25, 0.3) is 16.9 Å². The molecule has 2 aromatic carbocycles. The van der Waals surface area contributed by atoms with Crippen molar-refractivity contribution >= 4 is 5.91 Å². The lowest BCUT2D eigenvalue weighted by atomic mass is 10.0. The number of benzene rings is 2. The van der Waals surface area contributed by atoms with E-state index < -0.39 is 0 Å². The van der Waals surface area contributed by atoms with Gasteiger partial charge in [-0.05, 0) is 36.8 Å². The molecule has 1 saturated heterocycles. The number of pyridine rings is 1. The summed E-state index contributed by atoms with van der Waals surface area (Å²) in [4.78, 5) is 20.2. The van der Waals surface area contributed by atoms with Crippen molar-refractivity contribution in [2.45, 2.75) is 13.0 Å². The van der Waals surface area contributed by atoms with E-state index >= 15 is 0 Å². The number of hydrogen-bond acceptors (Lipinski definition) is 5. The number of para-hydroxylation sites is 1. The summed E-state index contributed by atoms with van der Waals surface area (Å²) in [5, 5.41) is 7.94. The van der Waals surface area contributed by atoms with E-state index in [4.69, 9.17) is 9.84 Å². The van der Waals surface area contributed by atoms with Gasteiger partial charge in [0, 0.05) is 43.8 Å². The number of hydrogen-bond donors (Lipinski definition) is 1. The Morgan fingerprint density at radius 1 is 1.06 bits per heavy atom. The molecule has 0 saturated carbocycles. The van der Waals surface area contributed by atoms with Crippen molar-refractivity contribution in [2.75, 3.05) is 32.8 Å². The van der Waals surface area contributed by atoms with E-state index in [0.29, 0.717) is 31.0 Å². The molecule has 5 rings (SSSR count). The highest BCUT2D eigenvalue weighted by Gasteiger charge is 2.25. The highest BCUT2D eigenvalue weighted by atomic mass is 16.5. The van der Waals surface area contributed by atoms with Crippen LogP contribution in [0.2, 0.25) is 0 Å². The van der Waals surface area contributed by atoms with Gasteiger partial charge in [0.25, 0.3) is 5.91 Å². The molecule has 0 radical (unpaired) electrons. The van der Waals surface area contributed by atoms with Crippen molar-refractivity contribution in [1.82, 2.24) is 25.0 Å². The van der Waals surface area contributed by atoms with Crippen LogP contribution in [0.3, 0.4) is 0 Å². The van der Waals surface area contributed by atoms with Crippen molar-refractivity contribution in [3.05, 3.63) is 102 Å². The smallest absolute Gasteiger partial charge is 0.255 e. The number of aryl methyl sites for hydroxylation is 1. The predicted octanol–water partition coefficient (Wildman–Crippen LogP) is 4.05. The van der Waals surface area contributed by atoms with E-state index in [9.17, 15) is 4.79 Å². The van der Waals surface area contributed by atoms with Crippen molar-refractivity contribution in [3.63, 3.8) is 0 Å². The largest absolute Gasteiger partial charge is 0.379 e. The van der Waals surface area contributed by atoms with Crippen LogP contribution in [0, 0.1) is 6.92 Å². The summed E-state index contributed by atoms with van der Waals surface area (Å²) in [6.07, 6.45) is 5.24. The fourth-order valence-corrected chi connectivity index (χ4v) is 4.48. The molecule has 1 fully saturated rings. The molecular weight excluding hydrogens is 438 g/mol. The van der Waals surface area contributed by atoms with Gasteiger partial charge in [0.15, 0.2) is 0 Å². The van der Waals surface area contributed by atoms with Gasteiger partial charge in [0.1, 0.15) is 5.69 Å². The minimum absolute atomic E-state index is 0.0637. The van der Waals surface area contributed by atoms with Crippen molar-refractivity contribution in [3.8, 4) is 16.9 Å². The first-order valence-corrected chi connectivity index (χ1v) is 11.9. The topological polar surface area (TPSA) is 72.3 Å². The predicted molar refractivity (Wildman–Crippen MR) is 135 cm³/mol. The summed E-state index contributed by atoms with van der Waals surface area (Å²) in [5.41, 5.74) is 5.22. The average Bonchev–Trinajstić information content (AvgIpc) is 3.36. The van der Waals surface area contributed by atoms with Crippen LogP contribution in [0.15, 0.2) is 85.3 Å². The van der Waals surface area contributed by atoms with Gasteiger partial charge < -0.3 is 10.1 Å². The normalized spacial score (nSPS) is 15.0. The molecule has 0 bridgehead atoms. The Labute approximate surface area is 205 Å². The molecule has 4 aromatic rings. The minimum atomic E-state index is -0.156. The molecule has 35 heavy (non-hydrogen) atoms.